The molecule has 1 fully saturated rings. The zero-order valence-electron chi connectivity index (χ0n) is 9.73. The van der Waals surface area contributed by atoms with E-state index in [2.05, 4.69) is 10.0 Å². The Hall–Kier alpha value is -2.04. The Balaban J connectivity index is 1.83. The number of carbonyl (C=O) groups is 1. The van der Waals surface area contributed by atoms with Crippen LogP contribution in [0.15, 0.2) is 35.4 Å². The molecule has 1 aromatic rings. The summed E-state index contributed by atoms with van der Waals surface area (Å²) in [5.74, 6) is -0.385. The van der Waals surface area contributed by atoms with E-state index in [4.69, 9.17) is 15.0 Å². The summed E-state index contributed by atoms with van der Waals surface area (Å²) >= 11 is 0. The lowest BCUT2D eigenvalue weighted by atomic mass is 10.2. The van der Waals surface area contributed by atoms with Crippen LogP contribution in [0.5, 0.6) is 0 Å². The zero-order valence-corrected chi connectivity index (χ0v) is 9.73. The van der Waals surface area contributed by atoms with Gasteiger partial charge in [-0.15, -0.1) is 0 Å². The average Bonchev–Trinajstić information content (AvgIpc) is 2.76. The van der Waals surface area contributed by atoms with Crippen molar-refractivity contribution in [3.63, 3.8) is 0 Å². The standard InChI is InChI=1S/C12H13N3O3/c13-15-14-7-10-6-11(12(16)18-10)17-8-9-4-2-1-3-5-9/h1-5,10-11H,6-8H2/t10-,11-/m0/s1. The second-order valence-corrected chi connectivity index (χ2v) is 3.99. The third-order valence-electron chi connectivity index (χ3n) is 2.67. The topological polar surface area (TPSA) is 84.3 Å². The number of hydrogen-bond donors (Lipinski definition) is 0. The highest BCUT2D eigenvalue weighted by Crippen LogP contribution is 2.19. The summed E-state index contributed by atoms with van der Waals surface area (Å²) < 4.78 is 10.5. The van der Waals surface area contributed by atoms with E-state index in [9.17, 15) is 4.79 Å². The smallest absolute Gasteiger partial charge is 0.335 e. The summed E-state index contributed by atoms with van der Waals surface area (Å²) in [6.45, 7) is 0.530. The van der Waals surface area contributed by atoms with Crippen molar-refractivity contribution < 1.29 is 14.3 Å². The second-order valence-electron chi connectivity index (χ2n) is 3.99. The summed E-state index contributed by atoms with van der Waals surface area (Å²) in [6, 6.07) is 9.60. The number of azide groups is 1. The van der Waals surface area contributed by atoms with Crippen molar-refractivity contribution in [1.29, 1.82) is 0 Å². The van der Waals surface area contributed by atoms with Gasteiger partial charge in [0.2, 0.25) is 0 Å². The third kappa shape index (κ3) is 3.23. The molecule has 1 saturated heterocycles. The summed E-state index contributed by atoms with van der Waals surface area (Å²) in [4.78, 5) is 14.1. The molecule has 6 heteroatoms. The van der Waals surface area contributed by atoms with Crippen molar-refractivity contribution in [2.45, 2.75) is 25.2 Å². The summed E-state index contributed by atoms with van der Waals surface area (Å²) in [5.41, 5.74) is 9.20. The fourth-order valence-corrected chi connectivity index (χ4v) is 1.77. The minimum Gasteiger partial charge on any atom is -0.460 e. The number of ether oxygens (including phenoxy) is 2. The Morgan fingerprint density at radius 3 is 2.94 bits per heavy atom. The van der Waals surface area contributed by atoms with Gasteiger partial charge in [-0.25, -0.2) is 4.79 Å². The molecule has 6 nitrogen and oxygen atoms in total. The predicted molar refractivity (Wildman–Crippen MR) is 63.5 cm³/mol. The van der Waals surface area contributed by atoms with Gasteiger partial charge in [0.25, 0.3) is 0 Å². The first-order chi connectivity index (χ1) is 8.79. The van der Waals surface area contributed by atoms with Gasteiger partial charge >= 0.3 is 5.97 Å². The van der Waals surface area contributed by atoms with Crippen LogP contribution in [0.25, 0.3) is 10.4 Å². The van der Waals surface area contributed by atoms with E-state index in [1.54, 1.807) is 0 Å². The monoisotopic (exact) mass is 247 g/mol. The number of nitrogens with zero attached hydrogens (tertiary/aromatic N) is 3. The van der Waals surface area contributed by atoms with Crippen LogP contribution in [0.2, 0.25) is 0 Å². The van der Waals surface area contributed by atoms with Crippen LogP contribution in [0.4, 0.5) is 0 Å². The lowest BCUT2D eigenvalue weighted by molar-refractivity contribution is -0.150. The van der Waals surface area contributed by atoms with Gasteiger partial charge in [-0.05, 0) is 11.1 Å². The number of carbonyl (C=O) groups excluding carboxylic acids is 1. The fraction of sp³-hybridized carbons (Fsp3) is 0.417. The Bertz CT molecular complexity index is 457. The molecule has 0 unspecified atom stereocenters. The van der Waals surface area contributed by atoms with Gasteiger partial charge in [-0.3, -0.25) is 0 Å². The highest BCUT2D eigenvalue weighted by molar-refractivity contribution is 5.76. The van der Waals surface area contributed by atoms with Crippen LogP contribution in [0, 0.1) is 0 Å². The second kappa shape index (κ2) is 6.05. The fourth-order valence-electron chi connectivity index (χ4n) is 1.77. The number of benzene rings is 1. The molecule has 0 N–H and O–H groups in total. The van der Waals surface area contributed by atoms with Crippen LogP contribution in [-0.4, -0.2) is 24.7 Å². The molecule has 94 valence electrons. The molecule has 2 rings (SSSR count). The molecular weight excluding hydrogens is 234 g/mol. The van der Waals surface area contributed by atoms with Crippen LogP contribution < -0.4 is 0 Å². The van der Waals surface area contributed by atoms with Gasteiger partial charge in [-0.1, -0.05) is 35.4 Å². The molecule has 1 aromatic carbocycles. The Morgan fingerprint density at radius 2 is 2.22 bits per heavy atom. The van der Waals surface area contributed by atoms with E-state index >= 15 is 0 Å². The molecule has 0 aromatic heterocycles. The molecule has 0 radical (unpaired) electrons. The van der Waals surface area contributed by atoms with Crippen molar-refractivity contribution in [1.82, 2.24) is 0 Å². The maximum atomic E-state index is 11.5. The van der Waals surface area contributed by atoms with Gasteiger partial charge in [-0.2, -0.15) is 0 Å². The van der Waals surface area contributed by atoms with Gasteiger partial charge in [0.15, 0.2) is 6.10 Å². The van der Waals surface area contributed by atoms with E-state index in [-0.39, 0.29) is 18.6 Å². The lowest BCUT2D eigenvalue weighted by Gasteiger charge is -2.07. The van der Waals surface area contributed by atoms with Crippen LogP contribution in [-0.2, 0) is 20.9 Å². The molecular formula is C12H13N3O3. The van der Waals surface area contributed by atoms with Crippen molar-refractivity contribution in [2.75, 3.05) is 6.54 Å². The maximum Gasteiger partial charge on any atom is 0.335 e. The number of cyclic esters (lactones) is 1. The van der Waals surface area contributed by atoms with Crippen LogP contribution in [0.1, 0.15) is 12.0 Å². The van der Waals surface area contributed by atoms with Crippen molar-refractivity contribution in [2.24, 2.45) is 5.11 Å². The summed E-state index contributed by atoms with van der Waals surface area (Å²) in [6.07, 6.45) is -0.497. The molecule has 0 saturated carbocycles. The normalized spacial score (nSPS) is 22.3. The predicted octanol–water partition coefficient (Wildman–Crippen LogP) is 2.20. The van der Waals surface area contributed by atoms with Crippen molar-refractivity contribution in [3.05, 3.63) is 46.3 Å². The highest BCUT2D eigenvalue weighted by Gasteiger charge is 2.34. The van der Waals surface area contributed by atoms with Crippen molar-refractivity contribution >= 4 is 5.97 Å². The molecule has 1 heterocycles. The quantitative estimate of drug-likeness (QED) is 0.346. The molecule has 0 amide bonds. The number of esters is 1. The minimum absolute atomic E-state index is 0.160. The first kappa shape index (κ1) is 12.4. The Morgan fingerprint density at radius 1 is 1.44 bits per heavy atom. The van der Waals surface area contributed by atoms with Crippen LogP contribution in [0.3, 0.4) is 0 Å². The molecule has 0 aliphatic carbocycles. The first-order valence-electron chi connectivity index (χ1n) is 5.66. The Labute approximate surface area is 104 Å². The highest BCUT2D eigenvalue weighted by atomic mass is 16.6. The third-order valence-corrected chi connectivity index (χ3v) is 2.67. The summed E-state index contributed by atoms with van der Waals surface area (Å²) in [7, 11) is 0. The van der Waals surface area contributed by atoms with Gasteiger partial charge < -0.3 is 9.47 Å². The first-order valence-corrected chi connectivity index (χ1v) is 5.66. The summed E-state index contributed by atoms with van der Waals surface area (Å²) in [5, 5.41) is 3.39. The molecule has 18 heavy (non-hydrogen) atoms. The zero-order chi connectivity index (χ0) is 12.8. The molecule has 1 aliphatic rings. The lowest BCUT2D eigenvalue weighted by Crippen LogP contribution is -2.18. The molecule has 2 atom stereocenters. The molecule has 0 bridgehead atoms. The van der Waals surface area contributed by atoms with Gasteiger partial charge in [0.05, 0.1) is 13.2 Å². The largest absolute Gasteiger partial charge is 0.460 e. The van der Waals surface area contributed by atoms with E-state index in [1.807, 2.05) is 30.3 Å². The number of rotatable bonds is 5. The Kier molecular flexibility index (Phi) is 4.17. The van der Waals surface area contributed by atoms with E-state index in [0.29, 0.717) is 13.0 Å². The van der Waals surface area contributed by atoms with Crippen molar-refractivity contribution in [3.8, 4) is 0 Å². The van der Waals surface area contributed by atoms with E-state index in [0.717, 1.165) is 5.56 Å². The van der Waals surface area contributed by atoms with Crippen LogP contribution >= 0.6 is 0 Å². The average molecular weight is 247 g/mol. The van der Waals surface area contributed by atoms with E-state index in [1.165, 1.54) is 0 Å². The maximum absolute atomic E-state index is 11.5. The minimum atomic E-state index is -0.566. The molecule has 1 aliphatic heterocycles. The van der Waals surface area contributed by atoms with E-state index < -0.39 is 6.10 Å². The SMILES string of the molecule is [N-]=[N+]=NC[C@@H]1C[C@H](OCc2ccccc2)C(=O)O1. The van der Waals surface area contributed by atoms with Gasteiger partial charge in [0.1, 0.15) is 6.10 Å². The molecule has 0 spiro atoms. The number of hydrogen-bond acceptors (Lipinski definition) is 4. The van der Waals surface area contributed by atoms with Gasteiger partial charge in [0, 0.05) is 11.3 Å².